The van der Waals surface area contributed by atoms with Crippen molar-refractivity contribution in [1.29, 1.82) is 5.26 Å². The van der Waals surface area contributed by atoms with Gasteiger partial charge < -0.3 is 0 Å². The fraction of sp³-hybridized carbons (Fsp3) is 0.875. The van der Waals surface area contributed by atoms with Crippen LogP contribution < -0.4 is 0 Å². The van der Waals surface area contributed by atoms with E-state index in [1.807, 2.05) is 0 Å². The highest BCUT2D eigenvalue weighted by atomic mass is 14.3. The second-order valence-corrected chi connectivity index (χ2v) is 2.77. The molecule has 0 aliphatic heterocycles. The van der Waals surface area contributed by atoms with Gasteiger partial charge in [0.15, 0.2) is 0 Å². The predicted molar refractivity (Wildman–Crippen MR) is 38.8 cm³/mol. The van der Waals surface area contributed by atoms with Gasteiger partial charge in [0.1, 0.15) is 0 Å². The summed E-state index contributed by atoms with van der Waals surface area (Å²) in [6.45, 7) is 6.49. The maximum atomic E-state index is 8.37. The van der Waals surface area contributed by atoms with Crippen LogP contribution in [0, 0.1) is 23.2 Å². The molecule has 0 bridgehead atoms. The minimum absolute atomic E-state index is 0.606. The Kier molecular flexibility index (Phi) is 4.13. The van der Waals surface area contributed by atoms with Crippen LogP contribution in [0.5, 0.6) is 0 Å². The Hall–Kier alpha value is -0.510. The zero-order valence-electron chi connectivity index (χ0n) is 6.52. The van der Waals surface area contributed by atoms with E-state index in [-0.39, 0.29) is 0 Å². The largest absolute Gasteiger partial charge is 0.198 e. The third-order valence-corrected chi connectivity index (χ3v) is 1.82. The van der Waals surface area contributed by atoms with Crippen LogP contribution in [-0.2, 0) is 0 Å². The Morgan fingerprint density at radius 1 is 1.44 bits per heavy atom. The lowest BCUT2D eigenvalue weighted by Crippen LogP contribution is -2.05. The van der Waals surface area contributed by atoms with Gasteiger partial charge >= 0.3 is 0 Å². The summed E-state index contributed by atoms with van der Waals surface area (Å²) in [7, 11) is 0. The van der Waals surface area contributed by atoms with Gasteiger partial charge in [-0.25, -0.2) is 0 Å². The van der Waals surface area contributed by atoms with E-state index in [0.717, 1.165) is 6.42 Å². The molecule has 9 heavy (non-hydrogen) atoms. The average molecular weight is 125 g/mol. The third-order valence-electron chi connectivity index (χ3n) is 1.82. The lowest BCUT2D eigenvalue weighted by molar-refractivity contribution is 0.380. The van der Waals surface area contributed by atoms with Crippen LogP contribution in [0.15, 0.2) is 0 Å². The van der Waals surface area contributed by atoms with Crippen LogP contribution in [0.25, 0.3) is 0 Å². The van der Waals surface area contributed by atoms with E-state index in [1.165, 1.54) is 0 Å². The molecule has 0 fully saturated rings. The van der Waals surface area contributed by atoms with E-state index < -0.39 is 0 Å². The van der Waals surface area contributed by atoms with Crippen molar-refractivity contribution in [3.63, 3.8) is 0 Å². The number of hydrogen-bond acceptors (Lipinski definition) is 1. The summed E-state index contributed by atoms with van der Waals surface area (Å²) in [5, 5.41) is 8.37. The molecule has 0 aliphatic carbocycles. The van der Waals surface area contributed by atoms with Gasteiger partial charge in [0.25, 0.3) is 0 Å². The van der Waals surface area contributed by atoms with Crippen molar-refractivity contribution in [3.05, 3.63) is 0 Å². The van der Waals surface area contributed by atoms with Gasteiger partial charge in [-0.2, -0.15) is 5.26 Å². The molecule has 52 valence electrons. The highest BCUT2D eigenvalue weighted by Gasteiger charge is 2.08. The van der Waals surface area contributed by atoms with Gasteiger partial charge in [-0.05, 0) is 11.8 Å². The first-order chi connectivity index (χ1) is 4.22. The Morgan fingerprint density at radius 3 is 2.11 bits per heavy atom. The van der Waals surface area contributed by atoms with Crippen molar-refractivity contribution in [3.8, 4) is 6.07 Å². The lowest BCUT2D eigenvalue weighted by atomic mass is 9.91. The zero-order valence-corrected chi connectivity index (χ0v) is 6.52. The molecule has 0 rings (SSSR count). The monoisotopic (exact) mass is 125 g/mol. The zero-order chi connectivity index (χ0) is 7.28. The van der Waals surface area contributed by atoms with Crippen molar-refractivity contribution < 1.29 is 0 Å². The summed E-state index contributed by atoms with van der Waals surface area (Å²) in [5.41, 5.74) is 0. The van der Waals surface area contributed by atoms with Crippen LogP contribution in [-0.4, -0.2) is 0 Å². The Morgan fingerprint density at radius 2 is 2.00 bits per heavy atom. The standard InChI is InChI=1S/C8H15N/c1-4-8(5-6-9)7(2)3/h7-8H,4-5H2,1-3H3. The van der Waals surface area contributed by atoms with E-state index >= 15 is 0 Å². The van der Waals surface area contributed by atoms with E-state index in [1.54, 1.807) is 0 Å². The lowest BCUT2D eigenvalue weighted by Gasteiger charge is -2.13. The van der Waals surface area contributed by atoms with E-state index in [9.17, 15) is 0 Å². The molecule has 1 heteroatoms. The van der Waals surface area contributed by atoms with Crippen molar-refractivity contribution in [1.82, 2.24) is 0 Å². The maximum Gasteiger partial charge on any atom is 0.0624 e. The molecule has 0 heterocycles. The molecule has 0 saturated carbocycles. The normalized spacial score (nSPS) is 13.2. The summed E-state index contributed by atoms with van der Waals surface area (Å²) < 4.78 is 0. The molecule has 1 unspecified atom stereocenters. The van der Waals surface area contributed by atoms with E-state index in [2.05, 4.69) is 26.8 Å². The minimum atomic E-state index is 0.606. The predicted octanol–water partition coefficient (Wildman–Crippen LogP) is 2.58. The van der Waals surface area contributed by atoms with Crippen molar-refractivity contribution in [2.24, 2.45) is 11.8 Å². The van der Waals surface area contributed by atoms with Gasteiger partial charge in [0.05, 0.1) is 6.07 Å². The highest BCUT2D eigenvalue weighted by molar-refractivity contribution is 4.76. The smallest absolute Gasteiger partial charge is 0.0624 e. The Labute approximate surface area is 57.7 Å². The number of hydrogen-bond donors (Lipinski definition) is 0. The Balaban J connectivity index is 3.57. The topological polar surface area (TPSA) is 23.8 Å². The van der Waals surface area contributed by atoms with Crippen LogP contribution in [0.3, 0.4) is 0 Å². The quantitative estimate of drug-likeness (QED) is 0.568. The molecular formula is C8H15N. The molecule has 0 aromatic heterocycles. The number of rotatable bonds is 3. The van der Waals surface area contributed by atoms with Gasteiger partial charge in [0, 0.05) is 6.42 Å². The van der Waals surface area contributed by atoms with Crippen LogP contribution in [0.1, 0.15) is 33.6 Å². The average Bonchev–Trinajstić information content (AvgIpc) is 1.82. The summed E-state index contributed by atoms with van der Waals surface area (Å²) in [6.07, 6.45) is 1.85. The molecule has 0 aromatic carbocycles. The second kappa shape index (κ2) is 4.38. The fourth-order valence-electron chi connectivity index (χ4n) is 0.969. The SMILES string of the molecule is CCC(CC#N)C(C)C. The van der Waals surface area contributed by atoms with Gasteiger partial charge in [-0.3, -0.25) is 0 Å². The fourth-order valence-corrected chi connectivity index (χ4v) is 0.969. The highest BCUT2D eigenvalue weighted by Crippen LogP contribution is 2.17. The van der Waals surface area contributed by atoms with Gasteiger partial charge in [-0.1, -0.05) is 27.2 Å². The second-order valence-electron chi connectivity index (χ2n) is 2.77. The van der Waals surface area contributed by atoms with Crippen LogP contribution >= 0.6 is 0 Å². The summed E-state index contributed by atoms with van der Waals surface area (Å²) in [4.78, 5) is 0. The molecule has 0 amide bonds. The van der Waals surface area contributed by atoms with Crippen molar-refractivity contribution >= 4 is 0 Å². The van der Waals surface area contributed by atoms with Crippen LogP contribution in [0.2, 0.25) is 0 Å². The molecule has 1 atom stereocenters. The first kappa shape index (κ1) is 8.49. The molecular weight excluding hydrogens is 110 g/mol. The molecule has 0 aliphatic rings. The summed E-state index contributed by atoms with van der Waals surface area (Å²) in [5.74, 6) is 1.27. The molecule has 0 aromatic rings. The third kappa shape index (κ3) is 3.13. The maximum absolute atomic E-state index is 8.37. The summed E-state index contributed by atoms with van der Waals surface area (Å²) >= 11 is 0. The van der Waals surface area contributed by atoms with Crippen molar-refractivity contribution in [2.45, 2.75) is 33.6 Å². The van der Waals surface area contributed by atoms with Gasteiger partial charge in [0.2, 0.25) is 0 Å². The Bertz CT molecular complexity index is 99.6. The number of nitrogens with zero attached hydrogens (tertiary/aromatic N) is 1. The number of nitriles is 1. The summed E-state index contributed by atoms with van der Waals surface area (Å²) in [6, 6.07) is 2.20. The first-order valence-electron chi connectivity index (χ1n) is 3.59. The molecule has 1 nitrogen and oxygen atoms in total. The molecule has 0 spiro atoms. The first-order valence-corrected chi connectivity index (χ1v) is 3.59. The molecule has 0 N–H and O–H groups in total. The van der Waals surface area contributed by atoms with Crippen LogP contribution in [0.4, 0.5) is 0 Å². The van der Waals surface area contributed by atoms with Gasteiger partial charge in [-0.15, -0.1) is 0 Å². The molecule has 0 saturated heterocycles. The molecule has 0 radical (unpaired) electrons. The van der Waals surface area contributed by atoms with E-state index in [4.69, 9.17) is 5.26 Å². The van der Waals surface area contributed by atoms with E-state index in [0.29, 0.717) is 18.3 Å². The van der Waals surface area contributed by atoms with Crippen molar-refractivity contribution in [2.75, 3.05) is 0 Å². The minimum Gasteiger partial charge on any atom is -0.198 e.